The van der Waals surface area contributed by atoms with Crippen LogP contribution in [-0.2, 0) is 11.2 Å². The van der Waals surface area contributed by atoms with Crippen molar-refractivity contribution in [2.45, 2.75) is 13.3 Å². The summed E-state index contributed by atoms with van der Waals surface area (Å²) in [6.45, 7) is 1.98. The quantitative estimate of drug-likeness (QED) is 0.784. The second-order valence-corrected chi connectivity index (χ2v) is 4.42. The van der Waals surface area contributed by atoms with E-state index in [0.29, 0.717) is 11.5 Å². The van der Waals surface area contributed by atoms with E-state index in [2.05, 4.69) is 15.1 Å². The van der Waals surface area contributed by atoms with Gasteiger partial charge in [0.25, 0.3) is 0 Å². The molecular formula is C14H11N3O3. The molecular weight excluding hydrogens is 258 g/mol. The standard InChI is InChI=1S/C14H11N3O3/c1-8-6-11(15-10-5-3-2-4-9(8)10)14-16-12(20-17-14)7-13(18)19/h2-6H,7H2,1H3,(H,18,19). The predicted molar refractivity (Wildman–Crippen MR) is 71.1 cm³/mol. The minimum Gasteiger partial charge on any atom is -0.481 e. The molecule has 0 aliphatic heterocycles. The zero-order valence-corrected chi connectivity index (χ0v) is 10.7. The van der Waals surface area contributed by atoms with Crippen molar-refractivity contribution in [1.29, 1.82) is 0 Å². The molecule has 0 radical (unpaired) electrons. The van der Waals surface area contributed by atoms with Gasteiger partial charge in [-0.05, 0) is 24.6 Å². The van der Waals surface area contributed by atoms with Gasteiger partial charge in [-0.2, -0.15) is 4.98 Å². The van der Waals surface area contributed by atoms with Crippen molar-refractivity contribution < 1.29 is 14.4 Å². The van der Waals surface area contributed by atoms with E-state index in [0.717, 1.165) is 16.5 Å². The molecule has 3 aromatic rings. The normalized spacial score (nSPS) is 10.8. The van der Waals surface area contributed by atoms with E-state index in [-0.39, 0.29) is 12.3 Å². The molecule has 0 fully saturated rings. The summed E-state index contributed by atoms with van der Waals surface area (Å²) >= 11 is 0. The lowest BCUT2D eigenvalue weighted by Crippen LogP contribution is -2.00. The monoisotopic (exact) mass is 269 g/mol. The number of carboxylic acid groups (broad SMARTS) is 1. The number of nitrogens with zero attached hydrogens (tertiary/aromatic N) is 3. The van der Waals surface area contributed by atoms with Gasteiger partial charge in [-0.3, -0.25) is 4.79 Å². The lowest BCUT2D eigenvalue weighted by molar-refractivity contribution is -0.136. The van der Waals surface area contributed by atoms with Crippen molar-refractivity contribution in [1.82, 2.24) is 15.1 Å². The number of para-hydroxylation sites is 1. The Kier molecular flexibility index (Phi) is 2.90. The third-order valence-electron chi connectivity index (χ3n) is 2.92. The predicted octanol–water partition coefficient (Wildman–Crippen LogP) is 2.22. The number of hydrogen-bond acceptors (Lipinski definition) is 5. The van der Waals surface area contributed by atoms with Crippen LogP contribution >= 0.6 is 0 Å². The fraction of sp³-hybridized carbons (Fsp3) is 0.143. The number of hydrogen-bond donors (Lipinski definition) is 1. The molecule has 20 heavy (non-hydrogen) atoms. The highest BCUT2D eigenvalue weighted by molar-refractivity contribution is 5.84. The van der Waals surface area contributed by atoms with Crippen molar-refractivity contribution in [3.05, 3.63) is 41.8 Å². The molecule has 0 spiro atoms. The van der Waals surface area contributed by atoms with Crippen LogP contribution in [0.2, 0.25) is 0 Å². The highest BCUT2D eigenvalue weighted by Gasteiger charge is 2.13. The average Bonchev–Trinajstić information content (AvgIpc) is 2.86. The first kappa shape index (κ1) is 12.3. The second kappa shape index (κ2) is 4.73. The summed E-state index contributed by atoms with van der Waals surface area (Å²) in [4.78, 5) is 19.1. The summed E-state index contributed by atoms with van der Waals surface area (Å²) < 4.78 is 4.90. The van der Waals surface area contributed by atoms with E-state index >= 15 is 0 Å². The SMILES string of the molecule is Cc1cc(-c2noc(CC(=O)O)n2)nc2ccccc12. The zero-order chi connectivity index (χ0) is 14.1. The maximum absolute atomic E-state index is 10.6. The van der Waals surface area contributed by atoms with Crippen molar-refractivity contribution in [3.63, 3.8) is 0 Å². The van der Waals surface area contributed by atoms with Crippen LogP contribution in [-0.4, -0.2) is 26.2 Å². The Bertz CT molecular complexity index is 795. The maximum Gasteiger partial charge on any atom is 0.312 e. The summed E-state index contributed by atoms with van der Waals surface area (Å²) in [6, 6.07) is 9.62. The van der Waals surface area contributed by atoms with Gasteiger partial charge < -0.3 is 9.63 Å². The van der Waals surface area contributed by atoms with Crippen LogP contribution in [0.5, 0.6) is 0 Å². The number of carboxylic acids is 1. The average molecular weight is 269 g/mol. The Balaban J connectivity index is 2.05. The first-order valence-corrected chi connectivity index (χ1v) is 6.04. The number of benzene rings is 1. The molecule has 3 rings (SSSR count). The molecule has 0 aliphatic carbocycles. The first-order valence-electron chi connectivity index (χ1n) is 6.04. The number of pyridine rings is 1. The molecule has 0 aliphatic rings. The van der Waals surface area contributed by atoms with E-state index in [9.17, 15) is 4.79 Å². The van der Waals surface area contributed by atoms with Gasteiger partial charge in [0.1, 0.15) is 12.1 Å². The molecule has 6 nitrogen and oxygen atoms in total. The topological polar surface area (TPSA) is 89.1 Å². The molecule has 100 valence electrons. The maximum atomic E-state index is 10.6. The van der Waals surface area contributed by atoms with Gasteiger partial charge in [0.15, 0.2) is 0 Å². The lowest BCUT2D eigenvalue weighted by atomic mass is 10.1. The number of aliphatic carboxylic acids is 1. The van der Waals surface area contributed by atoms with Crippen LogP contribution in [0.25, 0.3) is 22.4 Å². The third-order valence-corrected chi connectivity index (χ3v) is 2.92. The van der Waals surface area contributed by atoms with Crippen LogP contribution in [0, 0.1) is 6.92 Å². The Morgan fingerprint density at radius 1 is 1.30 bits per heavy atom. The Labute approximate surface area is 114 Å². The molecule has 0 saturated carbocycles. The highest BCUT2D eigenvalue weighted by atomic mass is 16.5. The second-order valence-electron chi connectivity index (χ2n) is 4.42. The molecule has 1 N–H and O–H groups in total. The molecule has 2 heterocycles. The van der Waals surface area contributed by atoms with Gasteiger partial charge in [0.2, 0.25) is 11.7 Å². The van der Waals surface area contributed by atoms with Crippen LogP contribution in [0.1, 0.15) is 11.5 Å². The van der Waals surface area contributed by atoms with E-state index in [1.54, 1.807) is 0 Å². The van der Waals surface area contributed by atoms with Gasteiger partial charge in [-0.15, -0.1) is 0 Å². The fourth-order valence-corrected chi connectivity index (χ4v) is 2.02. The number of fused-ring (bicyclic) bond motifs is 1. The smallest absolute Gasteiger partial charge is 0.312 e. The van der Waals surface area contributed by atoms with E-state index < -0.39 is 5.97 Å². The van der Waals surface area contributed by atoms with E-state index in [4.69, 9.17) is 9.63 Å². The third kappa shape index (κ3) is 2.23. The minimum absolute atomic E-state index is 0.0695. The van der Waals surface area contributed by atoms with Crippen molar-refractivity contribution >= 4 is 16.9 Å². The number of rotatable bonds is 3. The number of aryl methyl sites for hydroxylation is 1. The molecule has 0 bridgehead atoms. The molecule has 0 amide bonds. The summed E-state index contributed by atoms with van der Waals surface area (Å²) in [6.07, 6.45) is -0.292. The highest BCUT2D eigenvalue weighted by Crippen LogP contribution is 2.22. The summed E-state index contributed by atoms with van der Waals surface area (Å²) in [7, 11) is 0. The van der Waals surface area contributed by atoms with E-state index in [1.807, 2.05) is 37.3 Å². The van der Waals surface area contributed by atoms with E-state index in [1.165, 1.54) is 0 Å². The Morgan fingerprint density at radius 3 is 2.90 bits per heavy atom. The van der Waals surface area contributed by atoms with Gasteiger partial charge >= 0.3 is 5.97 Å². The van der Waals surface area contributed by atoms with Crippen molar-refractivity contribution in [2.24, 2.45) is 0 Å². The van der Waals surface area contributed by atoms with Crippen LogP contribution < -0.4 is 0 Å². The fourth-order valence-electron chi connectivity index (χ4n) is 2.02. The van der Waals surface area contributed by atoms with Crippen molar-refractivity contribution in [2.75, 3.05) is 0 Å². The van der Waals surface area contributed by atoms with Gasteiger partial charge in [0.05, 0.1) is 5.52 Å². The molecule has 0 atom stereocenters. The summed E-state index contributed by atoms with van der Waals surface area (Å²) in [5, 5.41) is 13.5. The number of aromatic nitrogens is 3. The summed E-state index contributed by atoms with van der Waals surface area (Å²) in [5.74, 6) is -0.641. The summed E-state index contributed by atoms with van der Waals surface area (Å²) in [5.41, 5.74) is 2.46. The molecule has 0 unspecified atom stereocenters. The molecule has 1 aromatic carbocycles. The largest absolute Gasteiger partial charge is 0.481 e. The zero-order valence-electron chi connectivity index (χ0n) is 10.7. The minimum atomic E-state index is -1.01. The van der Waals surface area contributed by atoms with Crippen LogP contribution in [0.4, 0.5) is 0 Å². The molecule has 6 heteroatoms. The van der Waals surface area contributed by atoms with Crippen molar-refractivity contribution in [3.8, 4) is 11.5 Å². The molecule has 0 saturated heterocycles. The lowest BCUT2D eigenvalue weighted by Gasteiger charge is -2.03. The van der Waals surface area contributed by atoms with Crippen LogP contribution in [0.3, 0.4) is 0 Å². The van der Waals surface area contributed by atoms with Gasteiger partial charge in [-0.25, -0.2) is 4.98 Å². The molecule has 2 aromatic heterocycles. The number of carbonyl (C=O) groups is 1. The Hall–Kier alpha value is -2.76. The van der Waals surface area contributed by atoms with Gasteiger partial charge in [-0.1, -0.05) is 23.4 Å². The van der Waals surface area contributed by atoms with Gasteiger partial charge in [0, 0.05) is 5.39 Å². The first-order chi connectivity index (χ1) is 9.63. The Morgan fingerprint density at radius 2 is 2.10 bits per heavy atom. The van der Waals surface area contributed by atoms with Crippen LogP contribution in [0.15, 0.2) is 34.9 Å².